The predicted octanol–water partition coefficient (Wildman–Crippen LogP) is 2.13. The van der Waals surface area contributed by atoms with E-state index in [2.05, 4.69) is 45.1 Å². The van der Waals surface area contributed by atoms with E-state index in [1.54, 1.807) is 7.11 Å². The van der Waals surface area contributed by atoms with Crippen molar-refractivity contribution in [2.75, 3.05) is 20.4 Å². The Labute approximate surface area is 104 Å². The lowest BCUT2D eigenvalue weighted by molar-refractivity contribution is 0.246. The lowest BCUT2D eigenvalue weighted by Crippen LogP contribution is -2.33. The maximum absolute atomic E-state index is 8.86. The lowest BCUT2D eigenvalue weighted by atomic mass is 9.82. The van der Waals surface area contributed by atoms with Gasteiger partial charge in [-0.25, -0.2) is 0 Å². The van der Waals surface area contributed by atoms with Crippen molar-refractivity contribution in [3.8, 4) is 5.75 Å². The first kappa shape index (κ1) is 14.0. The normalized spacial score (nSPS) is 11.6. The first-order valence-corrected chi connectivity index (χ1v) is 5.89. The third kappa shape index (κ3) is 3.20. The first-order valence-electron chi connectivity index (χ1n) is 5.89. The van der Waals surface area contributed by atoms with Crippen LogP contribution in [0.25, 0.3) is 0 Å². The maximum Gasteiger partial charge on any atom is 0.122 e. The topological polar surface area (TPSA) is 41.5 Å². The number of ether oxygens (including phenoxy) is 1. The van der Waals surface area contributed by atoms with Gasteiger partial charge in [-0.05, 0) is 31.0 Å². The number of aliphatic hydroxyl groups excluding tert-OH is 1. The van der Waals surface area contributed by atoms with Crippen LogP contribution in [0.2, 0.25) is 0 Å². The quantitative estimate of drug-likeness (QED) is 0.771. The molecule has 0 aromatic heterocycles. The van der Waals surface area contributed by atoms with Gasteiger partial charge in [-0.1, -0.05) is 19.9 Å². The van der Waals surface area contributed by atoms with Gasteiger partial charge in [-0.15, -0.1) is 0 Å². The molecule has 0 fully saturated rings. The lowest BCUT2D eigenvalue weighted by Gasteiger charge is -2.28. The van der Waals surface area contributed by atoms with E-state index in [4.69, 9.17) is 9.84 Å². The minimum absolute atomic E-state index is 0.00338. The molecule has 0 radical (unpaired) electrons. The summed E-state index contributed by atoms with van der Waals surface area (Å²) in [6.07, 6.45) is 0. The van der Waals surface area contributed by atoms with E-state index < -0.39 is 0 Å². The monoisotopic (exact) mass is 237 g/mol. The highest BCUT2D eigenvalue weighted by Gasteiger charge is 2.24. The van der Waals surface area contributed by atoms with Gasteiger partial charge in [0.25, 0.3) is 0 Å². The largest absolute Gasteiger partial charge is 0.496 e. The Hall–Kier alpha value is -1.06. The predicted molar refractivity (Wildman–Crippen MR) is 70.6 cm³/mol. The Balaban J connectivity index is 3.14. The molecule has 0 spiro atoms. The Kier molecular flexibility index (Phi) is 4.54. The van der Waals surface area contributed by atoms with Crippen molar-refractivity contribution in [1.82, 2.24) is 5.32 Å². The van der Waals surface area contributed by atoms with Crippen LogP contribution in [0.1, 0.15) is 30.5 Å². The Bertz CT molecular complexity index is 386. The van der Waals surface area contributed by atoms with Crippen molar-refractivity contribution in [3.05, 3.63) is 28.8 Å². The van der Waals surface area contributed by atoms with Crippen LogP contribution in [-0.2, 0) is 5.41 Å². The fourth-order valence-electron chi connectivity index (χ4n) is 1.95. The van der Waals surface area contributed by atoms with Crippen LogP contribution >= 0.6 is 0 Å². The Morgan fingerprint density at radius 1 is 1.24 bits per heavy atom. The van der Waals surface area contributed by atoms with Crippen molar-refractivity contribution in [1.29, 1.82) is 0 Å². The molecular weight excluding hydrogens is 214 g/mol. The number of aliphatic hydroxyl groups is 1. The number of methoxy groups -OCH3 is 1. The maximum atomic E-state index is 8.86. The summed E-state index contributed by atoms with van der Waals surface area (Å²) in [6.45, 7) is 9.18. The first-order chi connectivity index (χ1) is 7.92. The average Bonchev–Trinajstić information content (AvgIpc) is 2.29. The molecule has 0 aliphatic heterocycles. The molecule has 96 valence electrons. The number of aryl methyl sites for hydroxylation is 2. The van der Waals surface area contributed by atoms with Gasteiger partial charge in [-0.3, -0.25) is 5.32 Å². The van der Waals surface area contributed by atoms with E-state index in [0.29, 0.717) is 6.54 Å². The molecule has 1 aromatic carbocycles. The molecule has 0 unspecified atom stereocenters. The molecule has 0 atom stereocenters. The highest BCUT2D eigenvalue weighted by Crippen LogP contribution is 2.33. The molecule has 0 bridgehead atoms. The molecule has 0 aliphatic carbocycles. The smallest absolute Gasteiger partial charge is 0.122 e. The average molecular weight is 237 g/mol. The van der Waals surface area contributed by atoms with Crippen LogP contribution in [0.4, 0.5) is 0 Å². The fraction of sp³-hybridized carbons (Fsp3) is 0.571. The second-order valence-corrected chi connectivity index (χ2v) is 5.11. The third-order valence-electron chi connectivity index (χ3n) is 3.22. The minimum atomic E-state index is -0.0769. The molecule has 0 saturated carbocycles. The summed E-state index contributed by atoms with van der Waals surface area (Å²) in [5, 5.41) is 11.8. The number of hydrogen-bond acceptors (Lipinski definition) is 3. The molecule has 17 heavy (non-hydrogen) atoms. The van der Waals surface area contributed by atoms with E-state index in [1.165, 1.54) is 16.7 Å². The summed E-state index contributed by atoms with van der Waals surface area (Å²) in [5.74, 6) is 0.915. The minimum Gasteiger partial charge on any atom is -0.496 e. The van der Waals surface area contributed by atoms with Crippen molar-refractivity contribution in [2.24, 2.45) is 0 Å². The highest BCUT2D eigenvalue weighted by molar-refractivity contribution is 5.45. The van der Waals surface area contributed by atoms with Crippen molar-refractivity contribution in [3.63, 3.8) is 0 Å². The fourth-order valence-corrected chi connectivity index (χ4v) is 1.95. The van der Waals surface area contributed by atoms with Gasteiger partial charge in [0.15, 0.2) is 0 Å². The van der Waals surface area contributed by atoms with Gasteiger partial charge in [0.05, 0.1) is 13.8 Å². The number of benzene rings is 1. The van der Waals surface area contributed by atoms with Crippen LogP contribution in [0.3, 0.4) is 0 Å². The molecule has 1 aromatic rings. The molecule has 2 N–H and O–H groups in total. The zero-order valence-corrected chi connectivity index (χ0v) is 11.4. The summed E-state index contributed by atoms with van der Waals surface area (Å²) in [5.41, 5.74) is 3.59. The summed E-state index contributed by atoms with van der Waals surface area (Å²) in [7, 11) is 1.70. The van der Waals surface area contributed by atoms with Crippen LogP contribution in [0, 0.1) is 13.8 Å². The summed E-state index contributed by atoms with van der Waals surface area (Å²) < 4.78 is 5.46. The van der Waals surface area contributed by atoms with E-state index in [0.717, 1.165) is 5.75 Å². The third-order valence-corrected chi connectivity index (χ3v) is 3.22. The molecular formula is C14H23NO2. The Morgan fingerprint density at radius 3 is 2.35 bits per heavy atom. The van der Waals surface area contributed by atoms with Crippen LogP contribution in [0.5, 0.6) is 5.75 Å². The SMILES string of the molecule is COc1cc(C)c(C)cc1C(C)(C)CNCO. The number of nitrogens with one attached hydrogen (secondary N) is 1. The highest BCUT2D eigenvalue weighted by atomic mass is 16.5. The van der Waals surface area contributed by atoms with Gasteiger partial charge in [0.2, 0.25) is 0 Å². The van der Waals surface area contributed by atoms with E-state index in [-0.39, 0.29) is 12.1 Å². The summed E-state index contributed by atoms with van der Waals surface area (Å²) in [6, 6.07) is 4.25. The molecule has 0 heterocycles. The number of rotatable bonds is 5. The molecule has 0 amide bonds. The second-order valence-electron chi connectivity index (χ2n) is 5.11. The molecule has 1 rings (SSSR count). The van der Waals surface area contributed by atoms with E-state index in [1.807, 2.05) is 0 Å². The van der Waals surface area contributed by atoms with Crippen molar-refractivity contribution < 1.29 is 9.84 Å². The van der Waals surface area contributed by atoms with Gasteiger partial charge in [-0.2, -0.15) is 0 Å². The zero-order chi connectivity index (χ0) is 13.1. The van der Waals surface area contributed by atoms with Gasteiger partial charge in [0, 0.05) is 17.5 Å². The standard InChI is InChI=1S/C14H23NO2/c1-10-6-12(13(17-5)7-11(10)2)14(3,4)8-15-9-16/h6-7,15-16H,8-9H2,1-5H3. The molecule has 3 nitrogen and oxygen atoms in total. The second kappa shape index (κ2) is 5.52. The van der Waals surface area contributed by atoms with Gasteiger partial charge < -0.3 is 9.84 Å². The van der Waals surface area contributed by atoms with E-state index in [9.17, 15) is 0 Å². The zero-order valence-electron chi connectivity index (χ0n) is 11.4. The van der Waals surface area contributed by atoms with Crippen molar-refractivity contribution >= 4 is 0 Å². The van der Waals surface area contributed by atoms with Gasteiger partial charge >= 0.3 is 0 Å². The molecule has 0 aliphatic rings. The van der Waals surface area contributed by atoms with Crippen LogP contribution in [0.15, 0.2) is 12.1 Å². The summed E-state index contributed by atoms with van der Waals surface area (Å²) >= 11 is 0. The number of hydrogen-bond donors (Lipinski definition) is 2. The van der Waals surface area contributed by atoms with Crippen molar-refractivity contribution in [2.45, 2.75) is 33.1 Å². The van der Waals surface area contributed by atoms with Gasteiger partial charge in [0.1, 0.15) is 5.75 Å². The van der Waals surface area contributed by atoms with Crippen LogP contribution in [-0.4, -0.2) is 25.5 Å². The molecule has 3 heteroatoms. The Morgan fingerprint density at radius 2 is 1.82 bits per heavy atom. The van der Waals surface area contributed by atoms with Crippen LogP contribution < -0.4 is 10.1 Å². The summed E-state index contributed by atoms with van der Waals surface area (Å²) in [4.78, 5) is 0. The molecule has 0 saturated heterocycles. The van der Waals surface area contributed by atoms with E-state index >= 15 is 0 Å².